The molecule has 0 spiro atoms. The Morgan fingerprint density at radius 3 is 3.11 bits per heavy atom. The molecule has 0 bridgehead atoms. The van der Waals surface area contributed by atoms with E-state index >= 15 is 0 Å². The van der Waals surface area contributed by atoms with Crippen molar-refractivity contribution in [2.24, 2.45) is 5.92 Å². The van der Waals surface area contributed by atoms with Gasteiger partial charge in [0.15, 0.2) is 5.82 Å². The lowest BCUT2D eigenvalue weighted by molar-refractivity contribution is -0.0971. The van der Waals surface area contributed by atoms with Gasteiger partial charge in [0.2, 0.25) is 5.89 Å². The fraction of sp³-hybridized carbons (Fsp3) is 0.846. The van der Waals surface area contributed by atoms with Crippen LogP contribution >= 0.6 is 0 Å². The van der Waals surface area contributed by atoms with Crippen molar-refractivity contribution in [2.75, 3.05) is 13.1 Å². The molecule has 3 rings (SSSR count). The molecule has 0 radical (unpaired) electrons. The number of hydrogen-bond donors (Lipinski definition) is 1. The van der Waals surface area contributed by atoms with Gasteiger partial charge in [-0.2, -0.15) is 4.98 Å². The maximum absolute atomic E-state index is 10.6. The molecule has 2 fully saturated rings. The third-order valence-electron chi connectivity index (χ3n) is 4.45. The second-order valence-corrected chi connectivity index (χ2v) is 5.76. The molecule has 0 amide bonds. The minimum absolute atomic E-state index is 0.401. The van der Waals surface area contributed by atoms with E-state index in [1.807, 2.05) is 6.92 Å². The summed E-state index contributed by atoms with van der Waals surface area (Å²) < 4.78 is 5.00. The average molecular weight is 251 g/mol. The van der Waals surface area contributed by atoms with Gasteiger partial charge in [0, 0.05) is 25.9 Å². The lowest BCUT2D eigenvalue weighted by Crippen LogP contribution is -2.53. The Kier molecular flexibility index (Phi) is 3.11. The molecular formula is C13H21N3O2. The van der Waals surface area contributed by atoms with Crippen molar-refractivity contribution in [3.63, 3.8) is 0 Å². The summed E-state index contributed by atoms with van der Waals surface area (Å²) in [6, 6.07) is 0. The van der Waals surface area contributed by atoms with Crippen LogP contribution in [0.4, 0.5) is 0 Å². The number of aryl methyl sites for hydroxylation is 1. The minimum Gasteiger partial charge on any atom is -0.390 e. The molecular weight excluding hydrogens is 230 g/mol. The normalized spacial score (nSPS) is 33.3. The topological polar surface area (TPSA) is 62.4 Å². The van der Waals surface area contributed by atoms with Gasteiger partial charge >= 0.3 is 0 Å². The molecule has 0 aromatic carbocycles. The number of piperidine rings is 1. The second-order valence-electron chi connectivity index (χ2n) is 5.76. The van der Waals surface area contributed by atoms with Crippen LogP contribution < -0.4 is 0 Å². The van der Waals surface area contributed by atoms with Crippen LogP contribution in [-0.2, 0) is 6.54 Å². The van der Waals surface area contributed by atoms with Gasteiger partial charge < -0.3 is 9.63 Å². The summed E-state index contributed by atoms with van der Waals surface area (Å²) in [6.07, 6.45) is 5.44. The van der Waals surface area contributed by atoms with Gasteiger partial charge in [-0.1, -0.05) is 18.0 Å². The third kappa shape index (κ3) is 2.29. The summed E-state index contributed by atoms with van der Waals surface area (Å²) in [5, 5.41) is 14.5. The molecule has 1 saturated heterocycles. The van der Waals surface area contributed by atoms with Crippen LogP contribution in [-0.4, -0.2) is 38.8 Å². The minimum atomic E-state index is -0.401. The van der Waals surface area contributed by atoms with Crippen LogP contribution in [0.25, 0.3) is 0 Å². The molecule has 1 aromatic rings. The predicted octanol–water partition coefficient (Wildman–Crippen LogP) is 1.51. The summed E-state index contributed by atoms with van der Waals surface area (Å²) in [7, 11) is 0. The molecule has 2 atom stereocenters. The summed E-state index contributed by atoms with van der Waals surface area (Å²) >= 11 is 0. The summed E-state index contributed by atoms with van der Waals surface area (Å²) in [4.78, 5) is 6.59. The molecule has 2 unspecified atom stereocenters. The highest BCUT2D eigenvalue weighted by Gasteiger charge is 2.42. The van der Waals surface area contributed by atoms with Crippen LogP contribution in [0.5, 0.6) is 0 Å². The van der Waals surface area contributed by atoms with E-state index in [1.165, 1.54) is 12.8 Å². The van der Waals surface area contributed by atoms with Crippen LogP contribution in [0.1, 0.15) is 43.8 Å². The molecule has 5 heteroatoms. The summed E-state index contributed by atoms with van der Waals surface area (Å²) in [6.45, 7) is 4.45. The van der Waals surface area contributed by atoms with Gasteiger partial charge in [-0.15, -0.1) is 0 Å². The number of fused-ring (bicyclic) bond motifs is 1. The Labute approximate surface area is 107 Å². The van der Waals surface area contributed by atoms with Gasteiger partial charge in [0.25, 0.3) is 0 Å². The first kappa shape index (κ1) is 12.1. The molecule has 18 heavy (non-hydrogen) atoms. The highest BCUT2D eigenvalue weighted by Crippen LogP contribution is 2.39. The first-order valence-electron chi connectivity index (χ1n) is 6.90. The zero-order valence-corrected chi connectivity index (χ0v) is 10.9. The molecule has 1 aliphatic heterocycles. The van der Waals surface area contributed by atoms with E-state index in [9.17, 15) is 5.11 Å². The Balaban J connectivity index is 1.63. The fourth-order valence-electron chi connectivity index (χ4n) is 3.39. The van der Waals surface area contributed by atoms with Gasteiger partial charge in [-0.25, -0.2) is 0 Å². The van der Waals surface area contributed by atoms with Crippen molar-refractivity contribution < 1.29 is 9.63 Å². The highest BCUT2D eigenvalue weighted by molar-refractivity contribution is 4.96. The number of nitrogens with zero attached hydrogens (tertiary/aromatic N) is 3. The fourth-order valence-corrected chi connectivity index (χ4v) is 3.39. The van der Waals surface area contributed by atoms with Gasteiger partial charge in [0.1, 0.15) is 0 Å². The molecule has 1 aliphatic carbocycles. The number of aromatic nitrogens is 2. The van der Waals surface area contributed by atoms with Crippen LogP contribution in [0.15, 0.2) is 4.52 Å². The van der Waals surface area contributed by atoms with Crippen molar-refractivity contribution in [3.05, 3.63) is 11.7 Å². The monoisotopic (exact) mass is 251 g/mol. The molecule has 1 N–H and O–H groups in total. The van der Waals surface area contributed by atoms with Crippen molar-refractivity contribution in [2.45, 2.75) is 51.2 Å². The highest BCUT2D eigenvalue weighted by atomic mass is 16.5. The van der Waals surface area contributed by atoms with Crippen molar-refractivity contribution in [1.82, 2.24) is 15.0 Å². The van der Waals surface area contributed by atoms with E-state index in [2.05, 4.69) is 15.0 Å². The maximum Gasteiger partial charge on any atom is 0.223 e. The molecule has 100 valence electrons. The van der Waals surface area contributed by atoms with Crippen molar-refractivity contribution >= 4 is 0 Å². The standard InChI is InChI=1S/C13H21N3O2/c1-10-14-12(15-18-10)9-16-7-6-13(17)5-3-2-4-11(13)8-16/h11,17H,2-9H2,1H3. The Hall–Kier alpha value is -0.940. The number of rotatable bonds is 2. The summed E-state index contributed by atoms with van der Waals surface area (Å²) in [5.41, 5.74) is -0.401. The summed E-state index contributed by atoms with van der Waals surface area (Å²) in [5.74, 6) is 1.80. The van der Waals surface area contributed by atoms with Crippen LogP contribution in [0.2, 0.25) is 0 Å². The largest absolute Gasteiger partial charge is 0.390 e. The van der Waals surface area contributed by atoms with E-state index in [4.69, 9.17) is 4.52 Å². The molecule has 2 heterocycles. The smallest absolute Gasteiger partial charge is 0.223 e. The van der Waals surface area contributed by atoms with E-state index in [-0.39, 0.29) is 0 Å². The third-order valence-corrected chi connectivity index (χ3v) is 4.45. The second kappa shape index (κ2) is 4.63. The lowest BCUT2D eigenvalue weighted by atomic mass is 9.71. The average Bonchev–Trinajstić information content (AvgIpc) is 2.75. The molecule has 1 aromatic heterocycles. The molecule has 5 nitrogen and oxygen atoms in total. The predicted molar refractivity (Wildman–Crippen MR) is 65.8 cm³/mol. The quantitative estimate of drug-likeness (QED) is 0.863. The number of aliphatic hydroxyl groups is 1. The van der Waals surface area contributed by atoms with Gasteiger partial charge in [-0.3, -0.25) is 4.90 Å². The van der Waals surface area contributed by atoms with Crippen molar-refractivity contribution in [3.8, 4) is 0 Å². The van der Waals surface area contributed by atoms with Gasteiger partial charge in [-0.05, 0) is 19.3 Å². The van der Waals surface area contributed by atoms with Crippen LogP contribution in [0.3, 0.4) is 0 Å². The Bertz CT molecular complexity index is 420. The van der Waals surface area contributed by atoms with Crippen molar-refractivity contribution in [1.29, 1.82) is 0 Å². The first-order valence-corrected chi connectivity index (χ1v) is 6.90. The van der Waals surface area contributed by atoms with Gasteiger partial charge in [0.05, 0.1) is 12.1 Å². The Morgan fingerprint density at radius 1 is 1.44 bits per heavy atom. The SMILES string of the molecule is Cc1nc(CN2CCC3(O)CCCCC3C2)no1. The van der Waals surface area contributed by atoms with E-state index in [0.29, 0.717) is 11.8 Å². The Morgan fingerprint density at radius 2 is 2.33 bits per heavy atom. The van der Waals surface area contributed by atoms with E-state index in [0.717, 1.165) is 44.7 Å². The number of hydrogen-bond acceptors (Lipinski definition) is 5. The number of likely N-dealkylation sites (tertiary alicyclic amines) is 1. The lowest BCUT2D eigenvalue weighted by Gasteiger charge is -2.47. The molecule has 2 aliphatic rings. The first-order chi connectivity index (χ1) is 8.66. The maximum atomic E-state index is 10.6. The van der Waals surface area contributed by atoms with E-state index in [1.54, 1.807) is 0 Å². The van der Waals surface area contributed by atoms with E-state index < -0.39 is 5.60 Å². The molecule has 1 saturated carbocycles. The van der Waals surface area contributed by atoms with Crippen LogP contribution in [0, 0.1) is 12.8 Å². The zero-order valence-electron chi connectivity index (χ0n) is 10.9. The zero-order chi connectivity index (χ0) is 12.6.